The molecule has 3 aromatic rings. The molecular formula is C26H23ClFNO5. The first-order valence-corrected chi connectivity index (χ1v) is 11.1. The Morgan fingerprint density at radius 2 is 1.79 bits per heavy atom. The van der Waals surface area contributed by atoms with Crippen molar-refractivity contribution in [1.82, 2.24) is 4.90 Å². The van der Waals surface area contributed by atoms with E-state index >= 15 is 0 Å². The van der Waals surface area contributed by atoms with Crippen LogP contribution in [0.2, 0.25) is 5.02 Å². The van der Waals surface area contributed by atoms with Gasteiger partial charge >= 0.3 is 5.97 Å². The molecule has 0 aliphatic carbocycles. The molecule has 1 aliphatic rings. The number of rotatable bonds is 8. The monoisotopic (exact) mass is 483 g/mol. The summed E-state index contributed by atoms with van der Waals surface area (Å²) in [4.78, 5) is 25.9. The second kappa shape index (κ2) is 10.7. The maximum Gasteiger partial charge on any atom is 0.341 e. The normalized spacial score (nSPS) is 15.0. The van der Waals surface area contributed by atoms with Crippen LogP contribution in [0.3, 0.4) is 0 Å². The van der Waals surface area contributed by atoms with E-state index in [1.54, 1.807) is 17.0 Å². The molecule has 34 heavy (non-hydrogen) atoms. The summed E-state index contributed by atoms with van der Waals surface area (Å²) < 4.78 is 25.4. The summed E-state index contributed by atoms with van der Waals surface area (Å²) in [6.07, 6.45) is 0.635. The van der Waals surface area contributed by atoms with Crippen LogP contribution in [0.5, 0.6) is 5.75 Å². The predicted molar refractivity (Wildman–Crippen MR) is 124 cm³/mol. The fraction of sp³-hybridized carbons (Fsp3) is 0.231. The highest BCUT2D eigenvalue weighted by atomic mass is 35.5. The number of carbonyl (C=O) groups excluding carboxylic acids is 1. The quantitative estimate of drug-likeness (QED) is 0.505. The molecule has 0 spiro atoms. The van der Waals surface area contributed by atoms with Crippen molar-refractivity contribution in [3.05, 3.63) is 99.8 Å². The topological polar surface area (TPSA) is 76.1 Å². The molecule has 0 fully saturated rings. The highest BCUT2D eigenvalue weighted by Crippen LogP contribution is 2.39. The summed E-state index contributed by atoms with van der Waals surface area (Å²) in [5.74, 6) is -1.71. The van der Waals surface area contributed by atoms with E-state index in [2.05, 4.69) is 0 Å². The van der Waals surface area contributed by atoms with E-state index in [4.69, 9.17) is 26.2 Å². The lowest BCUT2D eigenvalue weighted by Gasteiger charge is -2.38. The number of aliphatic carboxylic acids is 1. The van der Waals surface area contributed by atoms with Crippen LogP contribution < -0.4 is 4.74 Å². The highest BCUT2D eigenvalue weighted by Gasteiger charge is 2.34. The van der Waals surface area contributed by atoms with Crippen LogP contribution in [-0.4, -0.2) is 41.6 Å². The third kappa shape index (κ3) is 5.55. The highest BCUT2D eigenvalue weighted by molar-refractivity contribution is 6.30. The molecule has 0 bridgehead atoms. The summed E-state index contributed by atoms with van der Waals surface area (Å²) in [7, 11) is 0. The van der Waals surface area contributed by atoms with E-state index in [0.29, 0.717) is 23.6 Å². The fourth-order valence-electron chi connectivity index (χ4n) is 4.09. The van der Waals surface area contributed by atoms with Gasteiger partial charge in [0.1, 0.15) is 18.2 Å². The van der Waals surface area contributed by atoms with Gasteiger partial charge in [-0.15, -0.1) is 0 Å². The number of benzene rings is 3. The number of ether oxygens (including phenoxy) is 2. The molecule has 1 heterocycles. The number of hydrogen-bond acceptors (Lipinski definition) is 4. The van der Waals surface area contributed by atoms with Crippen LogP contribution in [0.4, 0.5) is 4.39 Å². The first-order valence-electron chi connectivity index (χ1n) is 10.8. The van der Waals surface area contributed by atoms with Crippen LogP contribution >= 0.6 is 11.6 Å². The van der Waals surface area contributed by atoms with Gasteiger partial charge in [-0.2, -0.15) is 0 Å². The summed E-state index contributed by atoms with van der Waals surface area (Å²) in [5, 5.41) is 9.66. The molecule has 1 N–H and O–H groups in total. The third-order valence-electron chi connectivity index (χ3n) is 5.63. The largest absolute Gasteiger partial charge is 0.482 e. The maximum atomic E-state index is 14.3. The Balaban J connectivity index is 1.61. The maximum absolute atomic E-state index is 14.3. The van der Waals surface area contributed by atoms with Gasteiger partial charge in [-0.3, -0.25) is 4.79 Å². The Hall–Kier alpha value is -3.42. The number of carboxylic acid groups (broad SMARTS) is 1. The minimum atomic E-state index is -1.15. The van der Waals surface area contributed by atoms with Crippen LogP contribution in [0.1, 0.15) is 28.3 Å². The van der Waals surface area contributed by atoms with Crippen molar-refractivity contribution in [1.29, 1.82) is 0 Å². The zero-order valence-corrected chi connectivity index (χ0v) is 19.0. The Morgan fingerprint density at radius 1 is 1.03 bits per heavy atom. The number of carboxylic acids is 1. The van der Waals surface area contributed by atoms with E-state index in [1.807, 2.05) is 36.4 Å². The van der Waals surface area contributed by atoms with E-state index < -0.39 is 24.4 Å². The van der Waals surface area contributed by atoms with Gasteiger partial charge in [0.2, 0.25) is 5.91 Å². The molecule has 0 radical (unpaired) electrons. The molecule has 0 aromatic heterocycles. The van der Waals surface area contributed by atoms with Gasteiger partial charge in [0, 0.05) is 17.1 Å². The molecule has 0 saturated heterocycles. The number of carbonyl (C=O) groups is 2. The van der Waals surface area contributed by atoms with Crippen LogP contribution in [0.25, 0.3) is 0 Å². The lowest BCUT2D eigenvalue weighted by molar-refractivity contribution is -0.140. The summed E-state index contributed by atoms with van der Waals surface area (Å²) >= 11 is 5.91. The van der Waals surface area contributed by atoms with Crippen molar-refractivity contribution in [2.75, 3.05) is 19.8 Å². The number of amides is 1. The Bertz CT molecular complexity index is 1180. The van der Waals surface area contributed by atoms with Gasteiger partial charge < -0.3 is 19.5 Å². The average molecular weight is 484 g/mol. The molecular weight excluding hydrogens is 461 g/mol. The minimum Gasteiger partial charge on any atom is -0.482 e. The second-order valence-corrected chi connectivity index (χ2v) is 8.36. The zero-order chi connectivity index (χ0) is 24.1. The first-order chi connectivity index (χ1) is 16.4. The molecule has 176 valence electrons. The first kappa shape index (κ1) is 23.7. The van der Waals surface area contributed by atoms with Gasteiger partial charge in [0.25, 0.3) is 0 Å². The van der Waals surface area contributed by atoms with E-state index in [9.17, 15) is 14.0 Å². The molecule has 8 heteroatoms. The van der Waals surface area contributed by atoms with E-state index in [-0.39, 0.29) is 24.9 Å². The predicted octanol–water partition coefficient (Wildman–Crippen LogP) is 4.63. The zero-order valence-electron chi connectivity index (χ0n) is 18.2. The van der Waals surface area contributed by atoms with E-state index in [0.717, 1.165) is 16.7 Å². The summed E-state index contributed by atoms with van der Waals surface area (Å²) in [6, 6.07) is 18.0. The fourth-order valence-corrected chi connectivity index (χ4v) is 4.22. The minimum absolute atomic E-state index is 0.165. The Labute approximate surface area is 201 Å². The molecule has 1 amide bonds. The molecule has 3 aromatic carbocycles. The number of nitrogens with zero attached hydrogens (tertiary/aromatic N) is 1. The van der Waals surface area contributed by atoms with Crippen LogP contribution in [0, 0.1) is 5.82 Å². The van der Waals surface area contributed by atoms with Gasteiger partial charge in [0.05, 0.1) is 12.6 Å². The number of fused-ring (bicyclic) bond motifs is 1. The molecule has 0 saturated carbocycles. The van der Waals surface area contributed by atoms with Crippen LogP contribution in [0.15, 0.2) is 66.7 Å². The van der Waals surface area contributed by atoms with Crippen molar-refractivity contribution in [2.45, 2.75) is 19.1 Å². The van der Waals surface area contributed by atoms with E-state index in [1.165, 1.54) is 18.2 Å². The molecule has 1 atom stereocenters. The van der Waals surface area contributed by atoms with Crippen LogP contribution in [-0.2, 0) is 27.4 Å². The van der Waals surface area contributed by atoms with Gasteiger partial charge in [-0.1, -0.05) is 48.0 Å². The standard InChI is InChI=1S/C26H23ClFNO5/c27-19-7-5-17(6-8-19)14-33-15-24(30)29-12-11-18-3-1-2-4-21(18)26(29)22-13-20(28)9-10-23(22)34-16-25(31)32/h1-10,13,26H,11-12,14-16H2,(H,31,32). The van der Waals surface area contributed by atoms with Crippen molar-refractivity contribution < 1.29 is 28.6 Å². The van der Waals surface area contributed by atoms with Gasteiger partial charge in [-0.05, 0) is 53.4 Å². The average Bonchev–Trinajstić information content (AvgIpc) is 2.83. The van der Waals surface area contributed by atoms with Gasteiger partial charge in [-0.25, -0.2) is 9.18 Å². The smallest absolute Gasteiger partial charge is 0.341 e. The molecule has 1 unspecified atom stereocenters. The van der Waals surface area contributed by atoms with Crippen molar-refractivity contribution >= 4 is 23.5 Å². The van der Waals surface area contributed by atoms with Crippen molar-refractivity contribution in [3.8, 4) is 5.75 Å². The Morgan fingerprint density at radius 3 is 2.56 bits per heavy atom. The molecule has 1 aliphatic heterocycles. The SMILES string of the molecule is O=C(O)COc1ccc(F)cc1C1c2ccccc2CCN1C(=O)COCc1ccc(Cl)cc1. The number of hydrogen-bond donors (Lipinski definition) is 1. The second-order valence-electron chi connectivity index (χ2n) is 7.92. The Kier molecular flexibility index (Phi) is 7.45. The van der Waals surface area contributed by atoms with Gasteiger partial charge in [0.15, 0.2) is 6.61 Å². The molecule has 6 nitrogen and oxygen atoms in total. The third-order valence-corrected chi connectivity index (χ3v) is 5.88. The summed E-state index contributed by atoms with van der Waals surface area (Å²) in [6.45, 7) is -0.0995. The lowest BCUT2D eigenvalue weighted by atomic mass is 9.87. The lowest BCUT2D eigenvalue weighted by Crippen LogP contribution is -2.42. The van der Waals surface area contributed by atoms with Crippen molar-refractivity contribution in [3.63, 3.8) is 0 Å². The number of halogens is 2. The van der Waals surface area contributed by atoms with Crippen molar-refractivity contribution in [2.24, 2.45) is 0 Å². The summed E-state index contributed by atoms with van der Waals surface area (Å²) in [5.41, 5.74) is 3.14. The molecule has 4 rings (SSSR count).